The van der Waals surface area contributed by atoms with Crippen molar-refractivity contribution in [1.29, 1.82) is 5.26 Å². The number of amides is 1. The highest BCUT2D eigenvalue weighted by Crippen LogP contribution is 2.54. The van der Waals surface area contributed by atoms with E-state index in [0.717, 1.165) is 0 Å². The smallest absolute Gasteiger partial charge is 0.407 e. The second-order valence-corrected chi connectivity index (χ2v) is 9.82. The Labute approximate surface area is 218 Å². The molecule has 2 N–H and O–H groups in total. The number of hydrogen-bond acceptors (Lipinski definition) is 7. The van der Waals surface area contributed by atoms with Crippen LogP contribution in [0.2, 0.25) is 5.02 Å². The Morgan fingerprint density at radius 3 is 2.65 bits per heavy atom. The molecular formula is C27H25ClFN3O5. The minimum Gasteiger partial charge on any atom is -0.494 e. The Balaban J connectivity index is 1.88. The van der Waals surface area contributed by atoms with Crippen LogP contribution in [0.25, 0.3) is 11.1 Å². The first-order valence-corrected chi connectivity index (χ1v) is 11.7. The highest BCUT2D eigenvalue weighted by molar-refractivity contribution is 6.33. The molecule has 10 heteroatoms. The summed E-state index contributed by atoms with van der Waals surface area (Å²) in [5.41, 5.74) is -1.97. The molecule has 37 heavy (non-hydrogen) atoms. The lowest BCUT2D eigenvalue weighted by Crippen LogP contribution is -2.48. The topological polar surface area (TPSA) is 114 Å². The summed E-state index contributed by atoms with van der Waals surface area (Å²) in [4.78, 5) is 16.9. The molecule has 2 aromatic carbocycles. The lowest BCUT2D eigenvalue weighted by Gasteiger charge is -2.32. The predicted molar refractivity (Wildman–Crippen MR) is 134 cm³/mol. The van der Waals surface area contributed by atoms with Crippen LogP contribution in [0.3, 0.4) is 0 Å². The van der Waals surface area contributed by atoms with Gasteiger partial charge in [-0.2, -0.15) is 5.26 Å². The molecular weight excluding hydrogens is 501 g/mol. The van der Waals surface area contributed by atoms with E-state index in [0.29, 0.717) is 5.69 Å². The molecule has 0 aliphatic carbocycles. The number of alkyl carbamates (subject to hydrolysis) is 1. The van der Waals surface area contributed by atoms with Gasteiger partial charge >= 0.3 is 6.09 Å². The fourth-order valence-corrected chi connectivity index (χ4v) is 4.53. The highest BCUT2D eigenvalue weighted by Gasteiger charge is 2.52. The quantitative estimate of drug-likeness (QED) is 0.466. The van der Waals surface area contributed by atoms with Gasteiger partial charge in [-0.1, -0.05) is 17.7 Å². The van der Waals surface area contributed by atoms with Crippen molar-refractivity contribution in [2.75, 3.05) is 13.7 Å². The van der Waals surface area contributed by atoms with Gasteiger partial charge in [0.05, 0.1) is 31.0 Å². The van der Waals surface area contributed by atoms with Crippen molar-refractivity contribution in [3.05, 3.63) is 76.3 Å². The van der Waals surface area contributed by atoms with Crippen LogP contribution >= 0.6 is 11.6 Å². The Bertz CT molecular complexity index is 1390. The molecule has 0 fully saturated rings. The number of aliphatic hydroxyl groups is 1. The highest BCUT2D eigenvalue weighted by atomic mass is 35.5. The number of methoxy groups -OCH3 is 1. The first-order chi connectivity index (χ1) is 17.5. The molecule has 8 nitrogen and oxygen atoms in total. The molecule has 1 aliphatic heterocycles. The lowest BCUT2D eigenvalue weighted by molar-refractivity contribution is -0.0365. The van der Waals surface area contributed by atoms with Crippen molar-refractivity contribution in [2.45, 2.75) is 38.1 Å². The van der Waals surface area contributed by atoms with E-state index in [9.17, 15) is 15.2 Å². The maximum absolute atomic E-state index is 15.6. The maximum Gasteiger partial charge on any atom is 0.407 e. The van der Waals surface area contributed by atoms with E-state index in [1.165, 1.54) is 37.6 Å². The third kappa shape index (κ3) is 4.78. The van der Waals surface area contributed by atoms with Crippen molar-refractivity contribution >= 4 is 17.7 Å². The van der Waals surface area contributed by atoms with Crippen LogP contribution < -0.4 is 14.8 Å². The minimum atomic E-state index is -1.61. The summed E-state index contributed by atoms with van der Waals surface area (Å²) in [6.07, 6.45) is -0.677. The molecule has 0 saturated heterocycles. The van der Waals surface area contributed by atoms with Crippen LogP contribution in [-0.2, 0) is 10.3 Å². The zero-order valence-electron chi connectivity index (χ0n) is 20.6. The number of nitrogens with zero attached hydrogens (tertiary/aromatic N) is 2. The van der Waals surface area contributed by atoms with E-state index >= 15 is 4.39 Å². The number of halogens is 2. The zero-order chi connectivity index (χ0) is 27.0. The molecule has 0 unspecified atom stereocenters. The normalized spacial score (nSPS) is 18.4. The number of rotatable bonds is 5. The van der Waals surface area contributed by atoms with Gasteiger partial charge in [-0.05, 0) is 57.2 Å². The Hall–Kier alpha value is -3.87. The van der Waals surface area contributed by atoms with Crippen LogP contribution in [0.15, 0.2) is 48.7 Å². The molecule has 0 spiro atoms. The maximum atomic E-state index is 15.6. The van der Waals surface area contributed by atoms with E-state index in [1.54, 1.807) is 39.0 Å². The SMILES string of the molecule is COc1ccc(C#N)c(-c2c(Cl)ccc3c2[C@H](O)[C@@](CNC(=O)OC(C)(C)C)(c2ccccn2)O3)c1F. The molecule has 3 aromatic rings. The fraction of sp³-hybridized carbons (Fsp3) is 0.296. The van der Waals surface area contributed by atoms with E-state index in [1.807, 2.05) is 6.07 Å². The Morgan fingerprint density at radius 1 is 1.27 bits per heavy atom. The summed E-state index contributed by atoms with van der Waals surface area (Å²) < 4.78 is 32.3. The number of nitrogens with one attached hydrogen (secondary N) is 1. The average Bonchev–Trinajstić information content (AvgIpc) is 3.15. The van der Waals surface area contributed by atoms with Gasteiger partial charge in [0.15, 0.2) is 17.2 Å². The van der Waals surface area contributed by atoms with Gasteiger partial charge in [0, 0.05) is 27.9 Å². The van der Waals surface area contributed by atoms with Crippen LogP contribution in [0.4, 0.5) is 9.18 Å². The van der Waals surface area contributed by atoms with Crippen LogP contribution in [0.5, 0.6) is 11.5 Å². The van der Waals surface area contributed by atoms with Gasteiger partial charge in [-0.3, -0.25) is 4.98 Å². The third-order valence-corrected chi connectivity index (χ3v) is 6.17. The van der Waals surface area contributed by atoms with Crippen LogP contribution in [0.1, 0.15) is 43.7 Å². The molecule has 2 atom stereocenters. The number of aliphatic hydroxyl groups excluding tert-OH is 1. The Morgan fingerprint density at radius 2 is 2.03 bits per heavy atom. The summed E-state index contributed by atoms with van der Waals surface area (Å²) in [7, 11) is 1.30. The van der Waals surface area contributed by atoms with Crippen molar-refractivity contribution < 1.29 is 28.5 Å². The number of benzene rings is 2. The summed E-state index contributed by atoms with van der Waals surface area (Å²) in [5, 5.41) is 24.2. The predicted octanol–water partition coefficient (Wildman–Crippen LogP) is 5.27. The van der Waals surface area contributed by atoms with Crippen LogP contribution in [0, 0.1) is 17.1 Å². The molecule has 1 amide bonds. The number of hydrogen-bond donors (Lipinski definition) is 2. The van der Waals surface area contributed by atoms with Gasteiger partial charge in [-0.15, -0.1) is 0 Å². The minimum absolute atomic E-state index is 0.0111. The molecule has 2 heterocycles. The largest absolute Gasteiger partial charge is 0.494 e. The molecule has 0 saturated carbocycles. The molecule has 1 aromatic heterocycles. The van der Waals surface area contributed by atoms with Gasteiger partial charge < -0.3 is 24.6 Å². The lowest BCUT2D eigenvalue weighted by atomic mass is 9.85. The molecule has 0 radical (unpaired) electrons. The first kappa shape index (κ1) is 26.2. The summed E-state index contributed by atoms with van der Waals surface area (Å²) in [6.45, 7) is 4.93. The van der Waals surface area contributed by atoms with Crippen molar-refractivity contribution in [3.8, 4) is 28.7 Å². The number of aromatic nitrogens is 1. The van der Waals surface area contributed by atoms with E-state index in [2.05, 4.69) is 10.3 Å². The number of ether oxygens (including phenoxy) is 3. The van der Waals surface area contributed by atoms with Crippen molar-refractivity contribution in [3.63, 3.8) is 0 Å². The number of carbonyl (C=O) groups excluding carboxylic acids is 1. The fourth-order valence-electron chi connectivity index (χ4n) is 4.27. The monoisotopic (exact) mass is 525 g/mol. The second kappa shape index (κ2) is 9.88. The Kier molecular flexibility index (Phi) is 7.00. The summed E-state index contributed by atoms with van der Waals surface area (Å²) >= 11 is 6.55. The van der Waals surface area contributed by atoms with Gasteiger partial charge in [0.25, 0.3) is 0 Å². The average molecular weight is 526 g/mol. The van der Waals surface area contributed by atoms with E-state index in [4.69, 9.17) is 25.8 Å². The summed E-state index contributed by atoms with van der Waals surface area (Å²) in [5.74, 6) is -0.723. The first-order valence-electron chi connectivity index (χ1n) is 11.4. The standard InChI is InChI=1S/C27H25ClFN3O5/c1-26(2,3)37-25(34)32-14-27(19-7-5-6-12-31-19)24(33)22-17(36-27)11-9-16(28)21(22)20-15(13-30)8-10-18(35-4)23(20)29/h5-12,24,33H,14H2,1-4H3,(H,32,34)/t24-,27+/m0/s1. The van der Waals surface area contributed by atoms with Crippen molar-refractivity contribution in [2.24, 2.45) is 0 Å². The molecule has 0 bridgehead atoms. The second-order valence-electron chi connectivity index (χ2n) is 9.41. The molecule has 4 rings (SSSR count). The number of carbonyl (C=O) groups is 1. The van der Waals surface area contributed by atoms with Crippen LogP contribution in [-0.4, -0.2) is 35.4 Å². The van der Waals surface area contributed by atoms with E-state index < -0.39 is 29.2 Å². The third-order valence-electron chi connectivity index (χ3n) is 5.85. The number of fused-ring (bicyclic) bond motifs is 1. The van der Waals surface area contributed by atoms with Gasteiger partial charge in [0.2, 0.25) is 0 Å². The summed E-state index contributed by atoms with van der Waals surface area (Å²) in [6, 6.07) is 12.8. The number of pyridine rings is 1. The van der Waals surface area contributed by atoms with Crippen molar-refractivity contribution in [1.82, 2.24) is 10.3 Å². The zero-order valence-corrected chi connectivity index (χ0v) is 21.4. The molecule has 192 valence electrons. The van der Waals surface area contributed by atoms with E-state index in [-0.39, 0.29) is 45.3 Å². The van der Waals surface area contributed by atoms with Gasteiger partial charge in [-0.25, -0.2) is 9.18 Å². The molecule has 1 aliphatic rings. The number of nitriles is 1. The van der Waals surface area contributed by atoms with Gasteiger partial charge in [0.1, 0.15) is 17.5 Å².